The summed E-state index contributed by atoms with van der Waals surface area (Å²) in [5.74, 6) is -1.39. The van der Waals surface area contributed by atoms with Crippen molar-refractivity contribution >= 4 is 34.5 Å². The molecule has 0 aliphatic rings. The van der Waals surface area contributed by atoms with Crippen molar-refractivity contribution in [2.24, 2.45) is 0 Å². The maximum atomic E-state index is 13.7. The lowest BCUT2D eigenvalue weighted by molar-refractivity contribution is 0.103. The molecule has 23 heavy (non-hydrogen) atoms. The van der Waals surface area contributed by atoms with E-state index in [4.69, 9.17) is 11.6 Å². The number of aromatic nitrogens is 1. The summed E-state index contributed by atoms with van der Waals surface area (Å²) in [6.07, 6.45) is 1.37. The van der Waals surface area contributed by atoms with Crippen molar-refractivity contribution in [3.05, 3.63) is 70.2 Å². The Kier molecular flexibility index (Phi) is 4.36. The van der Waals surface area contributed by atoms with Crippen LogP contribution in [0.25, 0.3) is 10.6 Å². The van der Waals surface area contributed by atoms with Crippen molar-refractivity contribution in [3.63, 3.8) is 0 Å². The van der Waals surface area contributed by atoms with Gasteiger partial charge in [0.05, 0.1) is 11.2 Å². The second-order valence-electron chi connectivity index (χ2n) is 4.59. The van der Waals surface area contributed by atoms with Crippen molar-refractivity contribution in [1.82, 2.24) is 4.98 Å². The lowest BCUT2D eigenvalue weighted by Crippen LogP contribution is -2.10. The van der Waals surface area contributed by atoms with Crippen molar-refractivity contribution in [2.75, 3.05) is 5.32 Å². The van der Waals surface area contributed by atoms with E-state index in [1.54, 1.807) is 18.2 Å². The quantitative estimate of drug-likeness (QED) is 0.722. The zero-order chi connectivity index (χ0) is 16.4. The van der Waals surface area contributed by atoms with Crippen LogP contribution < -0.4 is 5.32 Å². The normalized spacial score (nSPS) is 10.6. The predicted molar refractivity (Wildman–Crippen MR) is 86.9 cm³/mol. The third kappa shape index (κ3) is 3.38. The molecular weight excluding hydrogens is 342 g/mol. The van der Waals surface area contributed by atoms with Crippen molar-refractivity contribution in [2.45, 2.75) is 0 Å². The molecule has 0 aliphatic heterocycles. The summed E-state index contributed by atoms with van der Waals surface area (Å²) in [6.45, 7) is 0. The first kappa shape index (κ1) is 15.6. The Morgan fingerprint density at radius 3 is 2.65 bits per heavy atom. The van der Waals surface area contributed by atoms with Gasteiger partial charge in [-0.25, -0.2) is 13.8 Å². The van der Waals surface area contributed by atoms with E-state index in [-0.39, 0.29) is 5.02 Å². The summed E-state index contributed by atoms with van der Waals surface area (Å²) in [5.41, 5.74) is 0.698. The highest BCUT2D eigenvalue weighted by atomic mass is 35.5. The molecule has 3 rings (SSSR count). The van der Waals surface area contributed by atoms with Gasteiger partial charge in [0, 0.05) is 11.3 Å². The Labute approximate surface area is 139 Å². The summed E-state index contributed by atoms with van der Waals surface area (Å²) in [7, 11) is 0. The summed E-state index contributed by atoms with van der Waals surface area (Å²) >= 11 is 6.73. The first-order valence-electron chi connectivity index (χ1n) is 6.52. The van der Waals surface area contributed by atoms with Gasteiger partial charge in [-0.15, -0.1) is 11.3 Å². The number of halogens is 3. The second kappa shape index (κ2) is 6.44. The number of hydrogen-bond donors (Lipinski definition) is 1. The fourth-order valence-electron chi connectivity index (χ4n) is 1.90. The molecule has 0 saturated heterocycles. The van der Waals surface area contributed by atoms with Gasteiger partial charge in [0.2, 0.25) is 0 Å². The maximum Gasteiger partial charge on any atom is 0.267 e. The van der Waals surface area contributed by atoms with Crippen LogP contribution in [0, 0.1) is 11.6 Å². The number of anilines is 1. The van der Waals surface area contributed by atoms with E-state index in [9.17, 15) is 13.6 Å². The molecule has 1 aromatic heterocycles. The van der Waals surface area contributed by atoms with Crippen molar-refractivity contribution < 1.29 is 13.6 Å². The summed E-state index contributed by atoms with van der Waals surface area (Å²) in [6, 6.07) is 10.1. The van der Waals surface area contributed by atoms with Crippen molar-refractivity contribution in [3.8, 4) is 10.6 Å². The standard InChI is InChI=1S/C16H9ClF2N2OS/c17-11-7-9(5-6-13(11)19)21-15(22)14-8-20-16(23-14)10-3-1-2-4-12(10)18/h1-8H,(H,21,22). The van der Waals surface area contributed by atoms with Crippen LogP contribution in [-0.2, 0) is 0 Å². The average molecular weight is 351 g/mol. The zero-order valence-electron chi connectivity index (χ0n) is 11.5. The van der Waals surface area contributed by atoms with Crippen LogP contribution in [0.15, 0.2) is 48.7 Å². The van der Waals surface area contributed by atoms with E-state index in [1.807, 2.05) is 0 Å². The van der Waals surface area contributed by atoms with Gasteiger partial charge in [0.25, 0.3) is 5.91 Å². The van der Waals surface area contributed by atoms with Gasteiger partial charge in [-0.2, -0.15) is 0 Å². The van der Waals surface area contributed by atoms with Gasteiger partial charge in [0.15, 0.2) is 0 Å². The molecule has 0 spiro atoms. The second-order valence-corrected chi connectivity index (χ2v) is 6.03. The van der Waals surface area contributed by atoms with Gasteiger partial charge in [-0.3, -0.25) is 4.79 Å². The van der Waals surface area contributed by atoms with Crippen LogP contribution in [0.5, 0.6) is 0 Å². The summed E-state index contributed by atoms with van der Waals surface area (Å²) < 4.78 is 26.8. The molecule has 1 N–H and O–H groups in total. The third-order valence-corrected chi connectivity index (χ3v) is 4.33. The van der Waals surface area contributed by atoms with E-state index >= 15 is 0 Å². The van der Waals surface area contributed by atoms with Crippen LogP contribution in [0.2, 0.25) is 5.02 Å². The van der Waals surface area contributed by atoms with Crippen LogP contribution >= 0.6 is 22.9 Å². The monoisotopic (exact) mass is 350 g/mol. The van der Waals surface area contributed by atoms with Gasteiger partial charge < -0.3 is 5.32 Å². The number of carbonyl (C=O) groups excluding carboxylic acids is 1. The number of nitrogens with zero attached hydrogens (tertiary/aromatic N) is 1. The Hall–Kier alpha value is -2.31. The number of carbonyl (C=O) groups is 1. The fraction of sp³-hybridized carbons (Fsp3) is 0. The summed E-state index contributed by atoms with van der Waals surface area (Å²) in [5, 5.41) is 2.92. The highest BCUT2D eigenvalue weighted by molar-refractivity contribution is 7.17. The number of nitrogens with one attached hydrogen (secondary N) is 1. The predicted octanol–water partition coefficient (Wildman–Crippen LogP) is 4.99. The SMILES string of the molecule is O=C(Nc1ccc(F)c(Cl)c1)c1cnc(-c2ccccc2F)s1. The number of thiazole rings is 1. The minimum atomic E-state index is -0.565. The van der Waals surface area contributed by atoms with Gasteiger partial charge >= 0.3 is 0 Å². The molecule has 3 nitrogen and oxygen atoms in total. The Bertz CT molecular complexity index is 882. The minimum Gasteiger partial charge on any atom is -0.321 e. The molecule has 0 saturated carbocycles. The average Bonchev–Trinajstić information content (AvgIpc) is 3.01. The van der Waals surface area contributed by atoms with E-state index in [0.717, 1.165) is 17.4 Å². The Morgan fingerprint density at radius 2 is 1.91 bits per heavy atom. The van der Waals surface area contributed by atoms with Gasteiger partial charge in [-0.05, 0) is 30.3 Å². The van der Waals surface area contributed by atoms with Crippen LogP contribution in [0.3, 0.4) is 0 Å². The number of rotatable bonds is 3. The first-order chi connectivity index (χ1) is 11.0. The molecule has 116 valence electrons. The molecule has 0 atom stereocenters. The van der Waals surface area contributed by atoms with E-state index < -0.39 is 17.5 Å². The fourth-order valence-corrected chi connectivity index (χ4v) is 2.92. The lowest BCUT2D eigenvalue weighted by Gasteiger charge is -2.04. The molecule has 0 bridgehead atoms. The number of amides is 1. The molecular formula is C16H9ClF2N2OS. The molecule has 0 radical (unpaired) electrons. The van der Waals surface area contributed by atoms with Crippen LogP contribution in [-0.4, -0.2) is 10.9 Å². The maximum absolute atomic E-state index is 13.7. The van der Waals surface area contributed by atoms with Crippen LogP contribution in [0.4, 0.5) is 14.5 Å². The molecule has 0 aliphatic carbocycles. The van der Waals surface area contributed by atoms with E-state index in [2.05, 4.69) is 10.3 Å². The molecule has 0 fully saturated rings. The molecule has 1 amide bonds. The highest BCUT2D eigenvalue weighted by Gasteiger charge is 2.14. The Balaban J connectivity index is 1.81. The lowest BCUT2D eigenvalue weighted by atomic mass is 10.2. The number of hydrogen-bond acceptors (Lipinski definition) is 3. The minimum absolute atomic E-state index is 0.0841. The third-order valence-electron chi connectivity index (χ3n) is 3.01. The Morgan fingerprint density at radius 1 is 1.13 bits per heavy atom. The zero-order valence-corrected chi connectivity index (χ0v) is 13.1. The van der Waals surface area contributed by atoms with Gasteiger partial charge in [-0.1, -0.05) is 23.7 Å². The van der Waals surface area contributed by atoms with E-state index in [1.165, 1.54) is 24.4 Å². The largest absolute Gasteiger partial charge is 0.321 e. The molecule has 7 heteroatoms. The first-order valence-corrected chi connectivity index (χ1v) is 7.71. The smallest absolute Gasteiger partial charge is 0.267 e. The highest BCUT2D eigenvalue weighted by Crippen LogP contribution is 2.28. The van der Waals surface area contributed by atoms with Crippen LogP contribution in [0.1, 0.15) is 9.67 Å². The topological polar surface area (TPSA) is 42.0 Å². The van der Waals surface area contributed by atoms with Gasteiger partial charge in [0.1, 0.15) is 21.5 Å². The molecule has 1 heterocycles. The molecule has 3 aromatic rings. The molecule has 2 aromatic carbocycles. The van der Waals surface area contributed by atoms with E-state index in [0.29, 0.717) is 21.1 Å². The number of benzene rings is 2. The summed E-state index contributed by atoms with van der Waals surface area (Å²) in [4.78, 5) is 16.6. The molecule has 0 unspecified atom stereocenters. The van der Waals surface area contributed by atoms with Crippen molar-refractivity contribution in [1.29, 1.82) is 0 Å².